The van der Waals surface area contributed by atoms with Gasteiger partial charge in [0.15, 0.2) is 0 Å². The van der Waals surface area contributed by atoms with Gasteiger partial charge in [0.1, 0.15) is 0 Å². The fourth-order valence-corrected chi connectivity index (χ4v) is 4.50. The Morgan fingerprint density at radius 1 is 1.32 bits per heavy atom. The summed E-state index contributed by atoms with van der Waals surface area (Å²) in [6.07, 6.45) is 6.28. The molecule has 1 unspecified atom stereocenters. The van der Waals surface area contributed by atoms with Crippen LogP contribution in [0.2, 0.25) is 5.02 Å². The van der Waals surface area contributed by atoms with Gasteiger partial charge in [-0.1, -0.05) is 49.1 Å². The zero-order valence-electron chi connectivity index (χ0n) is 14.9. The number of rotatable bonds is 4. The minimum absolute atomic E-state index is 0. The van der Waals surface area contributed by atoms with Gasteiger partial charge in [0, 0.05) is 30.2 Å². The maximum Gasteiger partial charge on any atom is 0.234 e. The van der Waals surface area contributed by atoms with Gasteiger partial charge in [-0.25, -0.2) is 0 Å². The highest BCUT2D eigenvalue weighted by atomic mass is 35.5. The first-order valence-electron chi connectivity index (χ1n) is 9.10. The van der Waals surface area contributed by atoms with Crippen LogP contribution in [0.15, 0.2) is 24.3 Å². The highest BCUT2D eigenvalue weighted by Gasteiger charge is 2.40. The number of nitrogens with one attached hydrogen (secondary N) is 2. The van der Waals surface area contributed by atoms with Gasteiger partial charge in [-0.2, -0.15) is 0 Å². The molecule has 2 aliphatic rings. The summed E-state index contributed by atoms with van der Waals surface area (Å²) in [5, 5.41) is 7.36. The Labute approximate surface area is 162 Å². The molecule has 1 spiro atoms. The molecule has 1 saturated carbocycles. The smallest absolute Gasteiger partial charge is 0.234 e. The molecule has 4 nitrogen and oxygen atoms in total. The van der Waals surface area contributed by atoms with E-state index in [9.17, 15) is 4.79 Å². The molecule has 1 aromatic carbocycles. The Bertz CT molecular complexity index is 567. The highest BCUT2D eigenvalue weighted by molar-refractivity contribution is 6.31. The van der Waals surface area contributed by atoms with E-state index in [0.29, 0.717) is 11.6 Å². The standard InChI is InChI=1S/C19H28ClN3O.ClH/c1-15(16-7-3-4-8-17(16)20)22-18(24)13-23-12-11-21-14-19(23)9-5-2-6-10-19;/h3-4,7-8,15,21H,2,5-6,9-14H2,1H3,(H,22,24);1H. The lowest BCUT2D eigenvalue weighted by molar-refractivity contribution is -0.125. The van der Waals surface area contributed by atoms with Crippen molar-refractivity contribution in [2.75, 3.05) is 26.2 Å². The molecule has 1 heterocycles. The molecule has 140 valence electrons. The van der Waals surface area contributed by atoms with E-state index in [1.54, 1.807) is 0 Å². The van der Waals surface area contributed by atoms with Gasteiger partial charge >= 0.3 is 0 Å². The van der Waals surface area contributed by atoms with Gasteiger partial charge in [0.2, 0.25) is 5.91 Å². The summed E-state index contributed by atoms with van der Waals surface area (Å²) < 4.78 is 0. The number of amides is 1. The van der Waals surface area contributed by atoms with Crippen molar-refractivity contribution in [3.05, 3.63) is 34.9 Å². The predicted molar refractivity (Wildman–Crippen MR) is 106 cm³/mol. The number of hydrogen-bond donors (Lipinski definition) is 2. The first-order valence-corrected chi connectivity index (χ1v) is 9.48. The van der Waals surface area contributed by atoms with Crippen LogP contribution in [0.25, 0.3) is 0 Å². The molecule has 1 aliphatic carbocycles. The number of carbonyl (C=O) groups excluding carboxylic acids is 1. The fraction of sp³-hybridized carbons (Fsp3) is 0.632. The Morgan fingerprint density at radius 2 is 2.04 bits per heavy atom. The van der Waals surface area contributed by atoms with E-state index in [2.05, 4.69) is 15.5 Å². The first-order chi connectivity index (χ1) is 11.6. The predicted octanol–water partition coefficient (Wildman–Crippen LogP) is 3.55. The molecule has 2 N–H and O–H groups in total. The molecule has 2 fully saturated rings. The highest BCUT2D eigenvalue weighted by Crippen LogP contribution is 2.34. The molecule has 0 bridgehead atoms. The summed E-state index contributed by atoms with van der Waals surface area (Å²) in [6.45, 7) is 5.41. The van der Waals surface area contributed by atoms with Crippen LogP contribution >= 0.6 is 24.0 Å². The number of benzene rings is 1. The fourth-order valence-electron chi connectivity index (χ4n) is 4.20. The molecule has 3 rings (SSSR count). The third-order valence-corrected chi connectivity index (χ3v) is 5.90. The summed E-state index contributed by atoms with van der Waals surface area (Å²) in [4.78, 5) is 15.0. The second-order valence-corrected chi connectivity index (χ2v) is 7.60. The topological polar surface area (TPSA) is 44.4 Å². The van der Waals surface area contributed by atoms with E-state index in [0.717, 1.165) is 25.2 Å². The van der Waals surface area contributed by atoms with Crippen molar-refractivity contribution in [2.24, 2.45) is 0 Å². The second kappa shape index (κ2) is 9.22. The Kier molecular flexibility index (Phi) is 7.56. The molecule has 1 aliphatic heterocycles. The molecule has 1 amide bonds. The molecular formula is C19H29Cl2N3O. The molecule has 1 saturated heterocycles. The van der Waals surface area contributed by atoms with Crippen molar-refractivity contribution in [1.29, 1.82) is 0 Å². The monoisotopic (exact) mass is 385 g/mol. The second-order valence-electron chi connectivity index (χ2n) is 7.19. The van der Waals surface area contributed by atoms with E-state index in [4.69, 9.17) is 11.6 Å². The van der Waals surface area contributed by atoms with E-state index in [-0.39, 0.29) is 29.9 Å². The van der Waals surface area contributed by atoms with Gasteiger partial charge in [-0.3, -0.25) is 9.69 Å². The van der Waals surface area contributed by atoms with Crippen molar-refractivity contribution in [3.8, 4) is 0 Å². The van der Waals surface area contributed by atoms with Crippen LogP contribution in [0.4, 0.5) is 0 Å². The number of piperazine rings is 1. The van der Waals surface area contributed by atoms with Crippen LogP contribution in [-0.4, -0.2) is 42.5 Å². The third-order valence-electron chi connectivity index (χ3n) is 5.55. The zero-order chi connectivity index (χ0) is 17.0. The van der Waals surface area contributed by atoms with Crippen LogP contribution in [0.3, 0.4) is 0 Å². The number of hydrogen-bond acceptors (Lipinski definition) is 3. The first kappa shape index (κ1) is 20.5. The minimum Gasteiger partial charge on any atom is -0.348 e. The van der Waals surface area contributed by atoms with E-state index < -0.39 is 0 Å². The van der Waals surface area contributed by atoms with Gasteiger partial charge in [0.25, 0.3) is 0 Å². The van der Waals surface area contributed by atoms with Gasteiger partial charge in [-0.05, 0) is 31.4 Å². The maximum absolute atomic E-state index is 12.6. The van der Waals surface area contributed by atoms with E-state index in [1.165, 1.54) is 32.1 Å². The van der Waals surface area contributed by atoms with Crippen LogP contribution in [0.5, 0.6) is 0 Å². The average molecular weight is 386 g/mol. The number of nitrogens with zero attached hydrogens (tertiary/aromatic N) is 1. The zero-order valence-corrected chi connectivity index (χ0v) is 16.5. The van der Waals surface area contributed by atoms with Crippen LogP contribution in [0, 0.1) is 0 Å². The Morgan fingerprint density at radius 3 is 2.76 bits per heavy atom. The molecular weight excluding hydrogens is 357 g/mol. The minimum atomic E-state index is -0.0728. The summed E-state index contributed by atoms with van der Waals surface area (Å²) in [7, 11) is 0. The van der Waals surface area contributed by atoms with Crippen molar-refractivity contribution in [3.63, 3.8) is 0 Å². The van der Waals surface area contributed by atoms with Crippen LogP contribution in [0.1, 0.15) is 50.6 Å². The van der Waals surface area contributed by atoms with E-state index >= 15 is 0 Å². The van der Waals surface area contributed by atoms with Crippen LogP contribution < -0.4 is 10.6 Å². The number of halogens is 2. The lowest BCUT2D eigenvalue weighted by Crippen LogP contribution is -2.63. The van der Waals surface area contributed by atoms with Crippen molar-refractivity contribution in [2.45, 2.75) is 50.6 Å². The van der Waals surface area contributed by atoms with Crippen molar-refractivity contribution in [1.82, 2.24) is 15.5 Å². The van der Waals surface area contributed by atoms with Crippen molar-refractivity contribution >= 4 is 29.9 Å². The molecule has 0 radical (unpaired) electrons. The normalized spacial score (nSPS) is 21.4. The summed E-state index contributed by atoms with van der Waals surface area (Å²) in [5.41, 5.74) is 1.15. The lowest BCUT2D eigenvalue weighted by Gasteiger charge is -2.49. The number of carbonyl (C=O) groups is 1. The van der Waals surface area contributed by atoms with Crippen molar-refractivity contribution < 1.29 is 4.79 Å². The molecule has 25 heavy (non-hydrogen) atoms. The molecule has 1 atom stereocenters. The largest absolute Gasteiger partial charge is 0.348 e. The quantitative estimate of drug-likeness (QED) is 0.832. The summed E-state index contributed by atoms with van der Waals surface area (Å²) in [6, 6.07) is 7.63. The van der Waals surface area contributed by atoms with Crippen LogP contribution in [-0.2, 0) is 4.79 Å². The average Bonchev–Trinajstić information content (AvgIpc) is 2.58. The molecule has 0 aromatic heterocycles. The summed E-state index contributed by atoms with van der Waals surface area (Å²) >= 11 is 6.24. The maximum atomic E-state index is 12.6. The molecule has 6 heteroatoms. The SMILES string of the molecule is CC(NC(=O)CN1CCNCC12CCCCC2)c1ccccc1Cl.Cl. The van der Waals surface area contributed by atoms with Gasteiger partial charge in [0.05, 0.1) is 12.6 Å². The lowest BCUT2D eigenvalue weighted by atomic mass is 9.79. The van der Waals surface area contributed by atoms with Gasteiger partial charge in [-0.15, -0.1) is 12.4 Å². The Balaban J connectivity index is 0.00000225. The summed E-state index contributed by atoms with van der Waals surface area (Å²) in [5.74, 6) is 0.0919. The molecule has 1 aromatic rings. The Hall–Kier alpha value is -0.810. The van der Waals surface area contributed by atoms with E-state index in [1.807, 2.05) is 31.2 Å². The van der Waals surface area contributed by atoms with Gasteiger partial charge < -0.3 is 10.6 Å². The third kappa shape index (κ3) is 4.88.